The zero-order chi connectivity index (χ0) is 21.6. The van der Waals surface area contributed by atoms with Gasteiger partial charge in [-0.15, -0.1) is 0 Å². The van der Waals surface area contributed by atoms with E-state index in [0.717, 1.165) is 0 Å². The van der Waals surface area contributed by atoms with Crippen LogP contribution in [-0.2, 0) is 4.79 Å². The van der Waals surface area contributed by atoms with Crippen LogP contribution in [0.5, 0.6) is 0 Å². The Bertz CT molecular complexity index is 1310. The molecule has 4 aromatic rings. The molecule has 4 rings (SSSR count). The summed E-state index contributed by atoms with van der Waals surface area (Å²) in [5.41, 5.74) is 7.25. The number of benzene rings is 1. The summed E-state index contributed by atoms with van der Waals surface area (Å²) in [4.78, 5) is 20.3. The first kappa shape index (κ1) is 19.6. The SMILES string of the molecule is C=C(N)C(=O)Nc1cn2cc(-c3c(Cl)c(F)c(NC(C)C)c4[nH]ncc34)ncc2n1. The molecule has 0 aliphatic rings. The Labute approximate surface area is 175 Å². The standard InChI is InChI=1S/C19H18ClFN8O/c1-8(2)25-18-16(21)15(20)14(10-4-24-28-17(10)18)11-6-29-7-12(26-13(29)5-23-11)27-19(30)9(3)22/h4-8,25H,3,22H2,1-2H3,(H,24,28)(H,27,30). The number of amides is 1. The van der Waals surface area contributed by atoms with Crippen LogP contribution in [-0.4, -0.2) is 36.5 Å². The molecule has 0 aliphatic carbocycles. The Morgan fingerprint density at radius 3 is 2.83 bits per heavy atom. The molecule has 9 nitrogen and oxygen atoms in total. The fourth-order valence-corrected chi connectivity index (χ4v) is 3.37. The number of nitrogens with one attached hydrogen (secondary N) is 3. The van der Waals surface area contributed by atoms with Gasteiger partial charge in [0.2, 0.25) is 0 Å². The van der Waals surface area contributed by atoms with Gasteiger partial charge in [-0.05, 0) is 13.8 Å². The fourth-order valence-electron chi connectivity index (χ4n) is 3.07. The van der Waals surface area contributed by atoms with Crippen LogP contribution in [0.1, 0.15) is 13.8 Å². The summed E-state index contributed by atoms with van der Waals surface area (Å²) in [5.74, 6) is -0.878. The average Bonchev–Trinajstić information content (AvgIpc) is 3.31. The number of anilines is 2. The molecule has 3 aromatic heterocycles. The van der Waals surface area contributed by atoms with Crippen molar-refractivity contribution in [2.45, 2.75) is 19.9 Å². The van der Waals surface area contributed by atoms with Crippen molar-refractivity contribution in [3.05, 3.63) is 47.9 Å². The molecule has 11 heteroatoms. The van der Waals surface area contributed by atoms with Crippen LogP contribution in [0, 0.1) is 5.82 Å². The molecular weight excluding hydrogens is 411 g/mol. The van der Waals surface area contributed by atoms with Crippen LogP contribution in [0.25, 0.3) is 27.8 Å². The molecule has 1 amide bonds. The maximum Gasteiger partial charge on any atom is 0.272 e. The summed E-state index contributed by atoms with van der Waals surface area (Å²) in [7, 11) is 0. The number of halogens is 2. The first-order chi connectivity index (χ1) is 14.3. The maximum absolute atomic E-state index is 15.1. The Kier molecular flexibility index (Phi) is 4.78. The van der Waals surface area contributed by atoms with E-state index >= 15 is 4.39 Å². The summed E-state index contributed by atoms with van der Waals surface area (Å²) in [6, 6.07) is -0.00780. The number of carbonyl (C=O) groups is 1. The summed E-state index contributed by atoms with van der Waals surface area (Å²) in [6.45, 7) is 7.17. The lowest BCUT2D eigenvalue weighted by atomic mass is 10.1. The lowest BCUT2D eigenvalue weighted by Crippen LogP contribution is -2.18. The van der Waals surface area contributed by atoms with Gasteiger partial charge in [-0.25, -0.2) is 9.37 Å². The number of aromatic nitrogens is 5. The van der Waals surface area contributed by atoms with Crippen molar-refractivity contribution < 1.29 is 9.18 Å². The minimum absolute atomic E-state index is 0.00780. The minimum atomic E-state index is -0.598. The van der Waals surface area contributed by atoms with Crippen LogP contribution >= 0.6 is 11.6 Å². The molecule has 0 spiro atoms. The number of hydrogen-bond acceptors (Lipinski definition) is 6. The van der Waals surface area contributed by atoms with E-state index in [0.29, 0.717) is 27.8 Å². The van der Waals surface area contributed by atoms with Gasteiger partial charge in [0.25, 0.3) is 5.91 Å². The van der Waals surface area contributed by atoms with Crippen LogP contribution in [0.15, 0.2) is 37.1 Å². The first-order valence-corrected chi connectivity index (χ1v) is 9.35. The molecule has 0 unspecified atom stereocenters. The molecule has 0 saturated heterocycles. The second-order valence-corrected chi connectivity index (χ2v) is 7.36. The number of H-pyrrole nitrogens is 1. The van der Waals surface area contributed by atoms with Gasteiger partial charge in [0, 0.05) is 23.2 Å². The number of nitrogens with two attached hydrogens (primary N) is 1. The Morgan fingerprint density at radius 1 is 1.37 bits per heavy atom. The van der Waals surface area contributed by atoms with Gasteiger partial charge in [-0.2, -0.15) is 5.10 Å². The van der Waals surface area contributed by atoms with E-state index in [9.17, 15) is 4.79 Å². The smallest absolute Gasteiger partial charge is 0.272 e. The van der Waals surface area contributed by atoms with Crippen molar-refractivity contribution in [3.63, 3.8) is 0 Å². The number of fused-ring (bicyclic) bond motifs is 2. The molecule has 0 atom stereocenters. The summed E-state index contributed by atoms with van der Waals surface area (Å²) in [6.07, 6.45) is 6.27. The van der Waals surface area contributed by atoms with Crippen molar-refractivity contribution in [2.24, 2.45) is 5.73 Å². The Hall–Kier alpha value is -3.66. The predicted octanol–water partition coefficient (Wildman–Crippen LogP) is 3.30. The number of rotatable bonds is 5. The van der Waals surface area contributed by atoms with Gasteiger partial charge < -0.3 is 20.8 Å². The summed E-state index contributed by atoms with van der Waals surface area (Å²) in [5, 5.41) is 13.0. The second kappa shape index (κ2) is 7.30. The van der Waals surface area contributed by atoms with Crippen molar-refractivity contribution >= 4 is 45.6 Å². The lowest BCUT2D eigenvalue weighted by molar-refractivity contribution is -0.112. The number of carbonyl (C=O) groups excluding carboxylic acids is 1. The van der Waals surface area contributed by atoms with Crippen LogP contribution in [0.3, 0.4) is 0 Å². The Balaban J connectivity index is 1.84. The zero-order valence-corrected chi connectivity index (χ0v) is 16.9. The van der Waals surface area contributed by atoms with Gasteiger partial charge >= 0.3 is 0 Å². The molecule has 0 radical (unpaired) electrons. The first-order valence-electron chi connectivity index (χ1n) is 8.97. The molecule has 0 fully saturated rings. The van der Waals surface area contributed by atoms with Gasteiger partial charge in [0.05, 0.1) is 46.2 Å². The van der Waals surface area contributed by atoms with Gasteiger partial charge in [0.1, 0.15) is 0 Å². The molecule has 30 heavy (non-hydrogen) atoms. The molecule has 154 valence electrons. The van der Waals surface area contributed by atoms with Crippen LogP contribution in [0.4, 0.5) is 15.9 Å². The average molecular weight is 429 g/mol. The number of aromatic amines is 1. The van der Waals surface area contributed by atoms with Gasteiger partial charge in [-0.1, -0.05) is 18.2 Å². The topological polar surface area (TPSA) is 126 Å². The summed E-state index contributed by atoms with van der Waals surface area (Å²) >= 11 is 6.41. The number of hydrogen-bond donors (Lipinski definition) is 4. The van der Waals surface area contributed by atoms with Crippen molar-refractivity contribution in [1.29, 1.82) is 0 Å². The monoisotopic (exact) mass is 428 g/mol. The van der Waals surface area contributed by atoms with E-state index < -0.39 is 11.7 Å². The van der Waals surface area contributed by atoms with E-state index in [2.05, 4.69) is 37.4 Å². The van der Waals surface area contributed by atoms with Gasteiger partial charge in [-0.3, -0.25) is 14.9 Å². The number of nitrogens with zero attached hydrogens (tertiary/aromatic N) is 4. The van der Waals surface area contributed by atoms with Crippen molar-refractivity contribution in [1.82, 2.24) is 24.6 Å². The second-order valence-electron chi connectivity index (χ2n) is 6.98. The normalized spacial score (nSPS) is 11.4. The highest BCUT2D eigenvalue weighted by atomic mass is 35.5. The largest absolute Gasteiger partial charge is 0.395 e. The Morgan fingerprint density at radius 2 is 2.13 bits per heavy atom. The van der Waals surface area contributed by atoms with E-state index in [-0.39, 0.29) is 28.3 Å². The van der Waals surface area contributed by atoms with Crippen molar-refractivity contribution in [3.8, 4) is 11.3 Å². The quantitative estimate of drug-likeness (QED) is 0.361. The molecule has 1 aromatic carbocycles. The predicted molar refractivity (Wildman–Crippen MR) is 114 cm³/mol. The third-order valence-electron chi connectivity index (χ3n) is 4.35. The van der Waals surface area contributed by atoms with Crippen LogP contribution in [0.2, 0.25) is 5.02 Å². The molecule has 0 aliphatic heterocycles. The molecule has 0 bridgehead atoms. The van der Waals surface area contributed by atoms with Gasteiger partial charge in [0.15, 0.2) is 17.3 Å². The molecule has 0 saturated carbocycles. The molecular formula is C19H18ClFN8O. The molecule has 5 N–H and O–H groups in total. The fraction of sp³-hybridized carbons (Fsp3) is 0.158. The highest BCUT2D eigenvalue weighted by molar-refractivity contribution is 6.35. The minimum Gasteiger partial charge on any atom is -0.395 e. The van der Waals surface area contributed by atoms with E-state index in [1.165, 1.54) is 6.20 Å². The van der Waals surface area contributed by atoms with E-state index in [4.69, 9.17) is 17.3 Å². The van der Waals surface area contributed by atoms with Crippen molar-refractivity contribution in [2.75, 3.05) is 10.6 Å². The van der Waals surface area contributed by atoms with E-state index in [1.54, 1.807) is 23.0 Å². The lowest BCUT2D eigenvalue weighted by Gasteiger charge is -2.15. The molecule has 3 heterocycles. The number of imidazole rings is 1. The zero-order valence-electron chi connectivity index (χ0n) is 16.1. The van der Waals surface area contributed by atoms with E-state index in [1.807, 2.05) is 13.8 Å². The van der Waals surface area contributed by atoms with Crippen LogP contribution < -0.4 is 16.4 Å². The maximum atomic E-state index is 15.1. The highest BCUT2D eigenvalue weighted by Gasteiger charge is 2.22. The highest BCUT2D eigenvalue weighted by Crippen LogP contribution is 2.40. The third kappa shape index (κ3) is 3.30. The third-order valence-corrected chi connectivity index (χ3v) is 4.71. The summed E-state index contributed by atoms with van der Waals surface area (Å²) < 4.78 is 16.7.